The molecule has 0 saturated carbocycles. The number of sulfonamides is 1. The summed E-state index contributed by atoms with van der Waals surface area (Å²) in [6.45, 7) is 1.77. The maximum absolute atomic E-state index is 10.9. The number of primary sulfonamides is 1. The number of hydrogen-bond donors (Lipinski definition) is 4. The van der Waals surface area contributed by atoms with Gasteiger partial charge in [0, 0.05) is 17.9 Å². The summed E-state index contributed by atoms with van der Waals surface area (Å²) in [5, 5.41) is 16.6. The SMILES string of the molecule is Cc1cc(NCCS(N)(=O)=O)cc(C(=O)O)c1N. The lowest BCUT2D eigenvalue weighted by atomic mass is 10.1. The number of hydrogen-bond acceptors (Lipinski definition) is 5. The molecule has 1 aromatic carbocycles. The molecule has 0 saturated heterocycles. The highest BCUT2D eigenvalue weighted by Gasteiger charge is 2.12. The first kappa shape index (κ1) is 14.3. The van der Waals surface area contributed by atoms with E-state index in [4.69, 9.17) is 16.0 Å². The number of rotatable bonds is 5. The van der Waals surface area contributed by atoms with Gasteiger partial charge in [0.1, 0.15) is 0 Å². The summed E-state index contributed by atoms with van der Waals surface area (Å²) >= 11 is 0. The minimum atomic E-state index is -3.54. The van der Waals surface area contributed by atoms with E-state index in [-0.39, 0.29) is 23.5 Å². The summed E-state index contributed by atoms with van der Waals surface area (Å²) in [5.74, 6) is -1.37. The first-order valence-electron chi connectivity index (χ1n) is 5.08. The van der Waals surface area contributed by atoms with Gasteiger partial charge in [0.15, 0.2) is 0 Å². The van der Waals surface area contributed by atoms with Gasteiger partial charge in [0.2, 0.25) is 10.0 Å². The fraction of sp³-hybridized carbons (Fsp3) is 0.300. The van der Waals surface area contributed by atoms with Crippen molar-refractivity contribution in [1.29, 1.82) is 0 Å². The Labute approximate surface area is 105 Å². The zero-order valence-electron chi connectivity index (χ0n) is 9.80. The molecule has 0 bridgehead atoms. The molecule has 0 heterocycles. The summed E-state index contributed by atoms with van der Waals surface area (Å²) in [4.78, 5) is 10.9. The molecule has 6 N–H and O–H groups in total. The van der Waals surface area contributed by atoms with E-state index in [0.717, 1.165) is 0 Å². The van der Waals surface area contributed by atoms with Gasteiger partial charge < -0.3 is 16.2 Å². The largest absolute Gasteiger partial charge is 0.478 e. The number of nitrogens with two attached hydrogens (primary N) is 2. The second-order valence-corrected chi connectivity index (χ2v) is 5.59. The van der Waals surface area contributed by atoms with Gasteiger partial charge in [-0.05, 0) is 24.6 Å². The molecule has 100 valence electrons. The Morgan fingerprint density at radius 1 is 1.44 bits per heavy atom. The molecule has 0 radical (unpaired) electrons. The lowest BCUT2D eigenvalue weighted by Gasteiger charge is -2.10. The second kappa shape index (κ2) is 5.23. The first-order valence-corrected chi connectivity index (χ1v) is 6.80. The first-order chi connectivity index (χ1) is 8.20. The summed E-state index contributed by atoms with van der Waals surface area (Å²) in [7, 11) is -3.54. The highest BCUT2D eigenvalue weighted by molar-refractivity contribution is 7.89. The third kappa shape index (κ3) is 3.90. The molecule has 0 aliphatic rings. The molecular weight excluding hydrogens is 258 g/mol. The van der Waals surface area contributed by atoms with Gasteiger partial charge in [-0.2, -0.15) is 0 Å². The fourth-order valence-corrected chi connectivity index (χ4v) is 1.80. The van der Waals surface area contributed by atoms with Crippen LogP contribution in [0.4, 0.5) is 11.4 Å². The second-order valence-electron chi connectivity index (χ2n) is 3.85. The summed E-state index contributed by atoms with van der Waals surface area (Å²) in [6.07, 6.45) is 0. The average Bonchev–Trinajstić information content (AvgIpc) is 2.20. The average molecular weight is 273 g/mol. The van der Waals surface area contributed by atoms with Gasteiger partial charge in [-0.3, -0.25) is 0 Å². The van der Waals surface area contributed by atoms with E-state index >= 15 is 0 Å². The predicted molar refractivity (Wildman–Crippen MR) is 69.0 cm³/mol. The van der Waals surface area contributed by atoms with Crippen molar-refractivity contribution in [3.05, 3.63) is 23.3 Å². The van der Waals surface area contributed by atoms with Crippen LogP contribution in [0, 0.1) is 6.92 Å². The van der Waals surface area contributed by atoms with Gasteiger partial charge in [0.05, 0.1) is 11.3 Å². The molecule has 0 spiro atoms. The maximum atomic E-state index is 10.9. The van der Waals surface area contributed by atoms with E-state index < -0.39 is 16.0 Å². The molecule has 0 amide bonds. The topological polar surface area (TPSA) is 136 Å². The smallest absolute Gasteiger partial charge is 0.337 e. The predicted octanol–water partition coefficient (Wildman–Crippen LogP) is -0.0242. The Bertz CT molecular complexity index is 569. The van der Waals surface area contributed by atoms with Gasteiger partial charge in [-0.25, -0.2) is 18.4 Å². The molecule has 0 aliphatic heterocycles. The highest BCUT2D eigenvalue weighted by atomic mass is 32.2. The number of nitrogens with one attached hydrogen (secondary N) is 1. The Morgan fingerprint density at radius 3 is 2.56 bits per heavy atom. The number of benzene rings is 1. The monoisotopic (exact) mass is 273 g/mol. The zero-order chi connectivity index (χ0) is 13.9. The van der Waals surface area contributed by atoms with Gasteiger partial charge >= 0.3 is 5.97 Å². The third-order valence-corrected chi connectivity index (χ3v) is 3.11. The number of carbonyl (C=O) groups is 1. The van der Waals surface area contributed by atoms with E-state index in [1.54, 1.807) is 13.0 Å². The Kier molecular flexibility index (Phi) is 4.15. The molecule has 0 aromatic heterocycles. The van der Waals surface area contributed by atoms with E-state index in [2.05, 4.69) is 5.32 Å². The van der Waals surface area contributed by atoms with Crippen molar-refractivity contribution < 1.29 is 18.3 Å². The van der Waals surface area contributed by atoms with Crippen LogP contribution < -0.4 is 16.2 Å². The maximum Gasteiger partial charge on any atom is 0.337 e. The van der Waals surface area contributed by atoms with Crippen LogP contribution in [0.3, 0.4) is 0 Å². The van der Waals surface area contributed by atoms with Crippen molar-refractivity contribution in [2.24, 2.45) is 5.14 Å². The van der Waals surface area contributed by atoms with Crippen LogP contribution >= 0.6 is 0 Å². The Hall–Kier alpha value is -1.80. The molecule has 0 aliphatic carbocycles. The minimum absolute atomic E-state index is 0.0203. The van der Waals surface area contributed by atoms with E-state index in [9.17, 15) is 13.2 Å². The Balaban J connectivity index is 2.88. The quantitative estimate of drug-likeness (QED) is 0.556. The molecule has 8 heteroatoms. The molecule has 1 rings (SSSR count). The Morgan fingerprint density at radius 2 is 2.06 bits per heavy atom. The highest BCUT2D eigenvalue weighted by Crippen LogP contribution is 2.22. The van der Waals surface area contributed by atoms with Crippen LogP contribution in [0.2, 0.25) is 0 Å². The van der Waals surface area contributed by atoms with Crippen LogP contribution in [0.25, 0.3) is 0 Å². The molecule has 1 aromatic rings. The summed E-state index contributed by atoms with van der Waals surface area (Å²) in [5.41, 5.74) is 6.89. The van der Waals surface area contributed by atoms with Crippen LogP contribution in [0.15, 0.2) is 12.1 Å². The van der Waals surface area contributed by atoms with E-state index in [1.807, 2.05) is 0 Å². The van der Waals surface area contributed by atoms with Crippen LogP contribution in [-0.4, -0.2) is 31.8 Å². The lowest BCUT2D eigenvalue weighted by Crippen LogP contribution is -2.22. The van der Waals surface area contributed by atoms with Crippen molar-refractivity contribution in [3.63, 3.8) is 0 Å². The van der Waals surface area contributed by atoms with Crippen LogP contribution in [0.5, 0.6) is 0 Å². The van der Waals surface area contributed by atoms with Crippen molar-refractivity contribution in [1.82, 2.24) is 0 Å². The van der Waals surface area contributed by atoms with E-state index in [1.165, 1.54) is 6.07 Å². The van der Waals surface area contributed by atoms with Gasteiger partial charge in [-0.15, -0.1) is 0 Å². The number of carboxylic acids is 1. The molecule has 0 atom stereocenters. The normalized spacial score (nSPS) is 11.2. The lowest BCUT2D eigenvalue weighted by molar-refractivity contribution is 0.0698. The summed E-state index contributed by atoms with van der Waals surface area (Å²) in [6, 6.07) is 3.00. The molecule has 0 unspecified atom stereocenters. The number of aromatic carboxylic acids is 1. The fourth-order valence-electron chi connectivity index (χ4n) is 1.41. The van der Waals surface area contributed by atoms with Gasteiger partial charge in [-0.1, -0.05) is 0 Å². The van der Waals surface area contributed by atoms with Crippen molar-refractivity contribution in [2.45, 2.75) is 6.92 Å². The van der Waals surface area contributed by atoms with Crippen LogP contribution in [0.1, 0.15) is 15.9 Å². The van der Waals surface area contributed by atoms with Gasteiger partial charge in [0.25, 0.3) is 0 Å². The van der Waals surface area contributed by atoms with Crippen molar-refractivity contribution in [3.8, 4) is 0 Å². The van der Waals surface area contributed by atoms with E-state index in [0.29, 0.717) is 11.3 Å². The number of aryl methyl sites for hydroxylation is 1. The zero-order valence-corrected chi connectivity index (χ0v) is 10.6. The minimum Gasteiger partial charge on any atom is -0.478 e. The van der Waals surface area contributed by atoms with Crippen molar-refractivity contribution >= 4 is 27.4 Å². The standard InChI is InChI=1S/C10H15N3O4S/c1-6-4-7(13-2-3-18(12,16)17)5-8(9(6)11)10(14)15/h4-5,13H,2-3,11H2,1H3,(H,14,15)(H2,12,16,17). The van der Waals surface area contributed by atoms with Crippen LogP contribution in [-0.2, 0) is 10.0 Å². The molecule has 0 fully saturated rings. The third-order valence-electron chi connectivity index (χ3n) is 2.33. The number of carboxylic acid groups (broad SMARTS) is 1. The summed E-state index contributed by atoms with van der Waals surface area (Å²) < 4.78 is 21.5. The molecule has 7 nitrogen and oxygen atoms in total. The number of anilines is 2. The molecule has 18 heavy (non-hydrogen) atoms. The molecular formula is C10H15N3O4S. The number of nitrogen functional groups attached to an aromatic ring is 1. The van der Waals surface area contributed by atoms with Crippen molar-refractivity contribution in [2.75, 3.05) is 23.3 Å².